The molecule has 0 fully saturated rings. The SMILES string of the molecule is N#Cc1cccc(-c2ccc3sc4c(c3c2)NC(c2ccc3oc5ccccc5c3c2)N=C4n2c3ccccc3c3cc4ccccc4cc32)c1. The number of hydrogen-bond acceptors (Lipinski definition) is 5. The quantitative estimate of drug-likeness (QED) is 0.199. The van der Waals surface area contributed by atoms with Crippen molar-refractivity contribution >= 4 is 87.5 Å². The Bertz CT molecular complexity index is 3150. The van der Waals surface area contributed by atoms with E-state index in [1.54, 1.807) is 11.3 Å². The molecule has 6 heteroatoms. The predicted molar refractivity (Wildman–Crippen MR) is 211 cm³/mol. The van der Waals surface area contributed by atoms with Crippen LogP contribution in [0.25, 0.3) is 75.7 Å². The molecule has 5 nitrogen and oxygen atoms in total. The van der Waals surface area contributed by atoms with Crippen LogP contribution in [0.3, 0.4) is 0 Å². The normalized spacial score (nSPS) is 14.3. The van der Waals surface area contributed by atoms with Crippen molar-refractivity contribution in [3.8, 4) is 17.2 Å². The maximum Gasteiger partial charge on any atom is 0.154 e. The molecule has 0 saturated heterocycles. The summed E-state index contributed by atoms with van der Waals surface area (Å²) in [6.45, 7) is 0. The van der Waals surface area contributed by atoms with Crippen LogP contribution in [0.15, 0.2) is 155 Å². The second-order valence-electron chi connectivity index (χ2n) is 13.1. The van der Waals surface area contributed by atoms with E-state index < -0.39 is 0 Å². The zero-order valence-electron chi connectivity index (χ0n) is 27.1. The summed E-state index contributed by atoms with van der Waals surface area (Å²) in [4.78, 5) is 6.69. The number of rotatable bonds is 2. The zero-order chi connectivity index (χ0) is 33.6. The van der Waals surface area contributed by atoms with E-state index in [-0.39, 0.29) is 6.17 Å². The zero-order valence-corrected chi connectivity index (χ0v) is 27.9. The van der Waals surface area contributed by atoms with Crippen molar-refractivity contribution in [1.82, 2.24) is 4.57 Å². The van der Waals surface area contributed by atoms with Crippen LogP contribution in [0, 0.1) is 11.3 Å². The van der Waals surface area contributed by atoms with Gasteiger partial charge in [0.2, 0.25) is 0 Å². The minimum absolute atomic E-state index is 0.356. The Kier molecular flexibility index (Phi) is 5.89. The van der Waals surface area contributed by atoms with Gasteiger partial charge in [-0.3, -0.25) is 4.57 Å². The first kappa shape index (κ1) is 28.2. The second kappa shape index (κ2) is 10.7. The molecule has 0 saturated carbocycles. The predicted octanol–water partition coefficient (Wildman–Crippen LogP) is 12.0. The van der Waals surface area contributed by atoms with Crippen LogP contribution in [0.5, 0.6) is 0 Å². The fraction of sp³-hybridized carbons (Fsp3) is 0.0222. The van der Waals surface area contributed by atoms with Crippen LogP contribution in [-0.4, -0.2) is 10.4 Å². The van der Waals surface area contributed by atoms with Crippen LogP contribution < -0.4 is 5.32 Å². The summed E-state index contributed by atoms with van der Waals surface area (Å²) in [6, 6.07) is 53.1. The minimum atomic E-state index is -0.356. The molecule has 0 radical (unpaired) electrons. The van der Waals surface area contributed by atoms with Gasteiger partial charge in [-0.2, -0.15) is 5.26 Å². The van der Waals surface area contributed by atoms with Gasteiger partial charge in [-0.05, 0) is 88.1 Å². The number of para-hydroxylation sites is 2. The van der Waals surface area contributed by atoms with Crippen LogP contribution >= 0.6 is 11.3 Å². The average Bonchev–Trinajstić information content (AvgIpc) is 3.85. The number of furan rings is 1. The number of benzene rings is 7. The lowest BCUT2D eigenvalue weighted by Gasteiger charge is -2.25. The number of nitrogens with one attached hydrogen (secondary N) is 1. The van der Waals surface area contributed by atoms with Gasteiger partial charge >= 0.3 is 0 Å². The lowest BCUT2D eigenvalue weighted by Crippen LogP contribution is -2.23. The van der Waals surface area contributed by atoms with Gasteiger partial charge in [-0.15, -0.1) is 11.3 Å². The molecule has 1 aliphatic heterocycles. The van der Waals surface area contributed by atoms with Crippen molar-refractivity contribution in [2.75, 3.05) is 5.32 Å². The highest BCUT2D eigenvalue weighted by Gasteiger charge is 2.30. The lowest BCUT2D eigenvalue weighted by molar-refractivity contribution is 0.668. The number of fused-ring (bicyclic) bond motifs is 10. The molecule has 1 unspecified atom stereocenters. The average molecular weight is 671 g/mol. The van der Waals surface area contributed by atoms with Crippen LogP contribution in [0.1, 0.15) is 22.2 Å². The summed E-state index contributed by atoms with van der Waals surface area (Å²) < 4.78 is 9.73. The first-order valence-electron chi connectivity index (χ1n) is 17.0. The first-order chi connectivity index (χ1) is 25.2. The van der Waals surface area contributed by atoms with E-state index in [0.717, 1.165) is 71.4 Å². The van der Waals surface area contributed by atoms with Gasteiger partial charge in [-0.25, -0.2) is 4.99 Å². The Balaban J connectivity index is 1.19. The molecule has 1 atom stereocenters. The number of nitriles is 1. The molecule has 51 heavy (non-hydrogen) atoms. The standard InChI is InChI=1S/C45H26N4OS/c46-25-26-8-7-11-27(20-26)30-17-19-41-36(22-30)42-43(51-41)45(48-44(47-42)31-16-18-40-35(23-31)33-13-4-6-15-39(33)50-40)49-37-14-5-3-12-32(37)34-21-28-9-1-2-10-29(28)24-38(34)49/h1-24,44,47H. The van der Waals surface area contributed by atoms with E-state index in [2.05, 4.69) is 131 Å². The van der Waals surface area contributed by atoms with E-state index in [9.17, 15) is 5.26 Å². The van der Waals surface area contributed by atoms with Crippen molar-refractivity contribution in [3.63, 3.8) is 0 Å². The van der Waals surface area contributed by atoms with Crippen LogP contribution in [0.4, 0.5) is 5.69 Å². The Morgan fingerprint density at radius 1 is 0.627 bits per heavy atom. The molecule has 0 spiro atoms. The van der Waals surface area contributed by atoms with E-state index in [1.807, 2.05) is 30.3 Å². The molecule has 0 aliphatic carbocycles. The summed E-state index contributed by atoms with van der Waals surface area (Å²) >= 11 is 1.76. The highest BCUT2D eigenvalue weighted by atomic mass is 32.1. The van der Waals surface area contributed by atoms with Crippen LogP contribution in [-0.2, 0) is 0 Å². The number of aromatic nitrogens is 1. The largest absolute Gasteiger partial charge is 0.456 e. The number of aliphatic imine (C=N–C) groups is 1. The molecule has 238 valence electrons. The summed E-state index contributed by atoms with van der Waals surface area (Å²) in [5.74, 6) is 0.918. The molecule has 1 N–H and O–H groups in total. The number of hydrogen-bond donors (Lipinski definition) is 1. The number of nitrogens with zero attached hydrogens (tertiary/aromatic N) is 3. The van der Waals surface area contributed by atoms with Gasteiger partial charge in [0, 0.05) is 31.6 Å². The van der Waals surface area contributed by atoms with Crippen LogP contribution in [0.2, 0.25) is 0 Å². The third-order valence-electron chi connectivity index (χ3n) is 10.2. The van der Waals surface area contributed by atoms with Gasteiger partial charge in [0.15, 0.2) is 5.84 Å². The highest BCUT2D eigenvalue weighted by Crippen LogP contribution is 2.45. The molecule has 10 aromatic rings. The Labute approximate surface area is 295 Å². The summed E-state index contributed by atoms with van der Waals surface area (Å²) in [6.07, 6.45) is -0.356. The third-order valence-corrected chi connectivity index (χ3v) is 11.4. The first-order valence-corrected chi connectivity index (χ1v) is 17.8. The van der Waals surface area contributed by atoms with Crippen molar-refractivity contribution in [2.45, 2.75) is 6.17 Å². The Morgan fingerprint density at radius 2 is 1.41 bits per heavy atom. The van der Waals surface area contributed by atoms with Gasteiger partial charge in [0.1, 0.15) is 17.3 Å². The summed E-state index contributed by atoms with van der Waals surface area (Å²) in [7, 11) is 0. The third kappa shape index (κ3) is 4.22. The van der Waals surface area contributed by atoms with Gasteiger partial charge in [-0.1, -0.05) is 84.9 Å². The molecule has 11 rings (SSSR count). The maximum absolute atomic E-state index is 9.60. The molecule has 0 bridgehead atoms. The van der Waals surface area contributed by atoms with E-state index in [4.69, 9.17) is 9.41 Å². The van der Waals surface area contributed by atoms with E-state index >= 15 is 0 Å². The van der Waals surface area contributed by atoms with E-state index in [1.165, 1.54) is 26.2 Å². The fourth-order valence-electron chi connectivity index (χ4n) is 7.81. The highest BCUT2D eigenvalue weighted by molar-refractivity contribution is 7.21. The molecule has 4 heterocycles. The van der Waals surface area contributed by atoms with Crippen molar-refractivity contribution < 1.29 is 4.42 Å². The molecule has 7 aromatic carbocycles. The smallest absolute Gasteiger partial charge is 0.154 e. The summed E-state index contributed by atoms with van der Waals surface area (Å²) in [5, 5.41) is 21.6. The van der Waals surface area contributed by atoms with E-state index in [0.29, 0.717) is 5.56 Å². The molecule has 0 amide bonds. The minimum Gasteiger partial charge on any atom is -0.456 e. The Hall–Kier alpha value is -6.68. The fourth-order valence-corrected chi connectivity index (χ4v) is 8.94. The number of anilines is 1. The summed E-state index contributed by atoms with van der Waals surface area (Å²) in [5.41, 5.74) is 8.84. The van der Waals surface area contributed by atoms with Crippen molar-refractivity contribution in [1.29, 1.82) is 5.26 Å². The maximum atomic E-state index is 9.60. The number of thiophene rings is 1. The molecule has 1 aliphatic rings. The molecular weight excluding hydrogens is 645 g/mol. The Morgan fingerprint density at radius 3 is 2.31 bits per heavy atom. The topological polar surface area (TPSA) is 66.2 Å². The second-order valence-corrected chi connectivity index (χ2v) is 14.2. The van der Waals surface area contributed by atoms with Crippen molar-refractivity contribution in [2.24, 2.45) is 4.99 Å². The van der Waals surface area contributed by atoms with Gasteiger partial charge in [0.05, 0.1) is 33.2 Å². The molecular formula is C45H26N4OS. The monoisotopic (exact) mass is 670 g/mol. The van der Waals surface area contributed by atoms with Gasteiger partial charge in [0.25, 0.3) is 0 Å². The lowest BCUT2D eigenvalue weighted by atomic mass is 10.0. The molecule has 3 aromatic heterocycles. The van der Waals surface area contributed by atoms with Gasteiger partial charge < -0.3 is 9.73 Å². The van der Waals surface area contributed by atoms with Crippen molar-refractivity contribution in [3.05, 3.63) is 162 Å².